The maximum atomic E-state index is 13.7. The first-order valence-electron chi connectivity index (χ1n) is 6.07. The van der Waals surface area contributed by atoms with Gasteiger partial charge in [-0.3, -0.25) is 0 Å². The lowest BCUT2D eigenvalue weighted by Gasteiger charge is -2.10. The molecule has 0 atom stereocenters. The molecule has 110 valence electrons. The first-order chi connectivity index (χ1) is 10.0. The second-order valence-corrected chi connectivity index (χ2v) is 5.12. The van der Waals surface area contributed by atoms with Crippen LogP contribution in [0.4, 0.5) is 10.1 Å². The average molecular weight is 328 g/mol. The fourth-order valence-electron chi connectivity index (χ4n) is 1.76. The number of rotatable bonds is 4. The van der Waals surface area contributed by atoms with Crippen molar-refractivity contribution in [1.82, 2.24) is 0 Å². The maximum Gasteiger partial charge on any atom is 0.339 e. The number of esters is 1. The first kappa shape index (κ1) is 15.6. The minimum absolute atomic E-state index is 0.251. The van der Waals surface area contributed by atoms with E-state index in [2.05, 4.69) is 10.1 Å². The van der Waals surface area contributed by atoms with Crippen LogP contribution in [0.1, 0.15) is 15.9 Å². The topological polar surface area (TPSA) is 38.3 Å². The Bertz CT molecular complexity index is 677. The summed E-state index contributed by atoms with van der Waals surface area (Å²) in [6.45, 7) is 0.255. The van der Waals surface area contributed by atoms with Crippen molar-refractivity contribution < 1.29 is 13.9 Å². The minimum atomic E-state index is -0.527. The number of anilines is 1. The van der Waals surface area contributed by atoms with Crippen molar-refractivity contribution in [2.75, 3.05) is 12.4 Å². The molecule has 1 N–H and O–H groups in total. The van der Waals surface area contributed by atoms with Gasteiger partial charge in [-0.25, -0.2) is 9.18 Å². The van der Waals surface area contributed by atoms with Crippen LogP contribution in [0.2, 0.25) is 10.0 Å². The third-order valence-electron chi connectivity index (χ3n) is 2.87. The highest BCUT2D eigenvalue weighted by Crippen LogP contribution is 2.22. The molecule has 2 rings (SSSR count). The molecule has 0 aliphatic rings. The van der Waals surface area contributed by atoms with E-state index in [0.29, 0.717) is 21.3 Å². The van der Waals surface area contributed by atoms with Gasteiger partial charge in [0.15, 0.2) is 0 Å². The zero-order valence-corrected chi connectivity index (χ0v) is 12.6. The highest BCUT2D eigenvalue weighted by atomic mass is 35.5. The normalized spacial score (nSPS) is 10.3. The number of hydrogen-bond donors (Lipinski definition) is 1. The van der Waals surface area contributed by atoms with E-state index < -0.39 is 11.8 Å². The Hall–Kier alpha value is -1.78. The van der Waals surface area contributed by atoms with Gasteiger partial charge < -0.3 is 10.1 Å². The third kappa shape index (κ3) is 3.86. The van der Waals surface area contributed by atoms with E-state index in [9.17, 15) is 9.18 Å². The molecular weight excluding hydrogens is 316 g/mol. The van der Waals surface area contributed by atoms with Crippen LogP contribution in [0.3, 0.4) is 0 Å². The monoisotopic (exact) mass is 327 g/mol. The van der Waals surface area contributed by atoms with Crippen LogP contribution < -0.4 is 5.32 Å². The average Bonchev–Trinajstić information content (AvgIpc) is 2.47. The van der Waals surface area contributed by atoms with Crippen LogP contribution in [-0.2, 0) is 11.3 Å². The Kier molecular flexibility index (Phi) is 5.04. The lowest BCUT2D eigenvalue weighted by Crippen LogP contribution is -2.05. The van der Waals surface area contributed by atoms with Gasteiger partial charge in [-0.2, -0.15) is 0 Å². The summed E-state index contributed by atoms with van der Waals surface area (Å²) >= 11 is 11.6. The van der Waals surface area contributed by atoms with Gasteiger partial charge in [0.1, 0.15) is 5.82 Å². The lowest BCUT2D eigenvalue weighted by molar-refractivity contribution is 0.0601. The molecule has 0 saturated heterocycles. The lowest BCUT2D eigenvalue weighted by atomic mass is 10.1. The van der Waals surface area contributed by atoms with E-state index in [1.54, 1.807) is 30.3 Å². The van der Waals surface area contributed by atoms with Crippen molar-refractivity contribution in [3.8, 4) is 0 Å². The van der Waals surface area contributed by atoms with Crippen molar-refractivity contribution in [3.63, 3.8) is 0 Å². The van der Waals surface area contributed by atoms with Gasteiger partial charge >= 0.3 is 5.97 Å². The van der Waals surface area contributed by atoms with Crippen molar-refractivity contribution >= 4 is 34.9 Å². The van der Waals surface area contributed by atoms with Crippen molar-refractivity contribution in [3.05, 3.63) is 63.4 Å². The minimum Gasteiger partial charge on any atom is -0.465 e. The predicted octanol–water partition coefficient (Wildman–Crippen LogP) is 4.53. The van der Waals surface area contributed by atoms with E-state index in [1.807, 2.05) is 0 Å². The number of carbonyl (C=O) groups excluding carboxylic acids is 1. The summed E-state index contributed by atoms with van der Waals surface area (Å²) in [5, 5.41) is 3.66. The molecule has 0 fully saturated rings. The molecule has 0 bridgehead atoms. The van der Waals surface area contributed by atoms with Crippen LogP contribution in [0.15, 0.2) is 36.4 Å². The number of ether oxygens (including phenoxy) is 1. The molecule has 3 nitrogen and oxygen atoms in total. The molecule has 0 radical (unpaired) electrons. The smallest absolute Gasteiger partial charge is 0.339 e. The molecule has 0 aromatic heterocycles. The number of methoxy groups -OCH3 is 1. The number of benzene rings is 2. The van der Waals surface area contributed by atoms with E-state index in [1.165, 1.54) is 13.2 Å². The maximum absolute atomic E-state index is 13.7. The summed E-state index contributed by atoms with van der Waals surface area (Å²) in [5.41, 5.74) is 1.35. The van der Waals surface area contributed by atoms with Crippen LogP contribution >= 0.6 is 23.2 Å². The van der Waals surface area contributed by atoms with Gasteiger partial charge in [0.2, 0.25) is 0 Å². The quantitative estimate of drug-likeness (QED) is 0.838. The van der Waals surface area contributed by atoms with Crippen molar-refractivity contribution in [2.24, 2.45) is 0 Å². The van der Waals surface area contributed by atoms with Gasteiger partial charge in [-0.05, 0) is 30.3 Å². The Morgan fingerprint density at radius 2 is 2.00 bits per heavy atom. The van der Waals surface area contributed by atoms with Gasteiger partial charge in [-0.1, -0.05) is 29.3 Å². The first-order valence-corrected chi connectivity index (χ1v) is 6.82. The molecule has 0 heterocycles. The molecule has 2 aromatic rings. The Labute approximate surface area is 131 Å². The van der Waals surface area contributed by atoms with Gasteiger partial charge in [0.05, 0.1) is 17.7 Å². The van der Waals surface area contributed by atoms with Crippen molar-refractivity contribution in [2.45, 2.75) is 6.54 Å². The summed E-state index contributed by atoms with van der Waals surface area (Å²) in [7, 11) is 1.28. The highest BCUT2D eigenvalue weighted by molar-refractivity contribution is 6.33. The van der Waals surface area contributed by atoms with Gasteiger partial charge in [-0.15, -0.1) is 0 Å². The molecular formula is C15H12Cl2FNO2. The van der Waals surface area contributed by atoms with Gasteiger partial charge in [0, 0.05) is 22.8 Å². The van der Waals surface area contributed by atoms with Crippen LogP contribution in [0.25, 0.3) is 0 Å². The zero-order valence-electron chi connectivity index (χ0n) is 11.1. The molecule has 0 spiro atoms. The number of halogens is 3. The molecule has 0 saturated carbocycles. The largest absolute Gasteiger partial charge is 0.465 e. The van der Waals surface area contributed by atoms with Crippen LogP contribution in [-0.4, -0.2) is 13.1 Å². The van der Waals surface area contributed by atoms with Crippen molar-refractivity contribution in [1.29, 1.82) is 0 Å². The summed E-state index contributed by atoms with van der Waals surface area (Å²) in [6, 6.07) is 9.30. The highest BCUT2D eigenvalue weighted by Gasteiger charge is 2.11. The Morgan fingerprint density at radius 3 is 2.67 bits per heavy atom. The summed E-state index contributed by atoms with van der Waals surface area (Å²) < 4.78 is 18.3. The Morgan fingerprint density at radius 1 is 1.24 bits per heavy atom. The predicted molar refractivity (Wildman–Crippen MR) is 81.5 cm³/mol. The molecule has 0 aliphatic heterocycles. The van der Waals surface area contributed by atoms with E-state index in [0.717, 1.165) is 0 Å². The standard InChI is InChI=1S/C15H12Cl2FNO2/c1-21-15(20)12-7-11(4-5-13(12)17)19-8-9-2-3-10(16)6-14(9)18/h2-7,19H,8H2,1H3. The third-order valence-corrected chi connectivity index (χ3v) is 3.43. The second-order valence-electron chi connectivity index (χ2n) is 4.28. The molecule has 2 aromatic carbocycles. The molecule has 0 unspecified atom stereocenters. The van der Waals surface area contributed by atoms with E-state index >= 15 is 0 Å². The number of hydrogen-bond acceptors (Lipinski definition) is 3. The fraction of sp³-hybridized carbons (Fsp3) is 0.133. The second kappa shape index (κ2) is 6.78. The number of carbonyl (C=O) groups is 1. The zero-order chi connectivity index (χ0) is 15.4. The van der Waals surface area contributed by atoms with Gasteiger partial charge in [0.25, 0.3) is 0 Å². The summed E-state index contributed by atoms with van der Waals surface area (Å²) in [6.07, 6.45) is 0. The Balaban J connectivity index is 2.15. The molecule has 0 aliphatic carbocycles. The fourth-order valence-corrected chi connectivity index (χ4v) is 2.12. The number of nitrogens with one attached hydrogen (secondary N) is 1. The van der Waals surface area contributed by atoms with Crippen LogP contribution in [0, 0.1) is 5.82 Å². The summed E-state index contributed by atoms with van der Waals surface area (Å²) in [5.74, 6) is -0.918. The van der Waals surface area contributed by atoms with E-state index in [4.69, 9.17) is 23.2 Å². The summed E-state index contributed by atoms with van der Waals surface area (Å²) in [4.78, 5) is 11.5. The van der Waals surface area contributed by atoms with E-state index in [-0.39, 0.29) is 12.1 Å². The molecule has 6 heteroatoms. The molecule has 0 amide bonds. The molecule has 21 heavy (non-hydrogen) atoms. The SMILES string of the molecule is COC(=O)c1cc(NCc2ccc(Cl)cc2F)ccc1Cl. The van der Waals surface area contributed by atoms with Crippen LogP contribution in [0.5, 0.6) is 0 Å².